The standard InChI is InChI=1S/C26H28N4O3/c1-16(2)30-15-17(19-6-3-4-7-22(19)30)9-12-24(31)27-18-10-11-21-20(14-18)26(33)29-13-5-8-23(29)25(32)28-21/h3-4,6-7,10-11,14-16,23H,5,8-9,12-13H2,1-2H3,(H,27,31)(H,28,32)/t23-/m0/s1. The van der Waals surface area contributed by atoms with Crippen LogP contribution in [0, 0.1) is 0 Å². The van der Waals surface area contributed by atoms with Crippen LogP contribution < -0.4 is 10.6 Å². The topological polar surface area (TPSA) is 83.4 Å². The van der Waals surface area contributed by atoms with Gasteiger partial charge in [0.25, 0.3) is 5.91 Å². The first-order chi connectivity index (χ1) is 15.9. The molecule has 7 heteroatoms. The molecule has 5 rings (SSSR count). The molecule has 0 aliphatic carbocycles. The molecule has 1 atom stereocenters. The van der Waals surface area contributed by atoms with Crippen LogP contribution in [-0.4, -0.2) is 39.8 Å². The number of nitrogens with one attached hydrogen (secondary N) is 2. The van der Waals surface area contributed by atoms with Gasteiger partial charge < -0.3 is 20.1 Å². The number of nitrogens with zero attached hydrogens (tertiary/aromatic N) is 2. The lowest BCUT2D eigenvalue weighted by atomic mass is 10.1. The zero-order chi connectivity index (χ0) is 23.1. The van der Waals surface area contributed by atoms with Crippen LogP contribution in [0.25, 0.3) is 10.9 Å². The van der Waals surface area contributed by atoms with Crippen molar-refractivity contribution in [2.24, 2.45) is 0 Å². The Morgan fingerprint density at radius 2 is 2.00 bits per heavy atom. The number of hydrogen-bond acceptors (Lipinski definition) is 3. The van der Waals surface area contributed by atoms with Crippen molar-refractivity contribution in [3.05, 3.63) is 59.8 Å². The third kappa shape index (κ3) is 3.88. The molecule has 2 N–H and O–H groups in total. The van der Waals surface area contributed by atoms with E-state index in [0.717, 1.165) is 12.0 Å². The fourth-order valence-corrected chi connectivity index (χ4v) is 4.94. The molecule has 0 unspecified atom stereocenters. The number of carbonyl (C=O) groups is 3. The average Bonchev–Trinajstić information content (AvgIpc) is 3.41. The fraction of sp³-hybridized carbons (Fsp3) is 0.346. The lowest BCUT2D eigenvalue weighted by Gasteiger charge is -2.20. The van der Waals surface area contributed by atoms with E-state index in [1.54, 1.807) is 23.1 Å². The molecule has 0 saturated carbocycles. The molecule has 1 saturated heterocycles. The molecule has 2 aliphatic rings. The Labute approximate surface area is 192 Å². The van der Waals surface area contributed by atoms with E-state index in [1.165, 1.54) is 10.9 Å². The molecule has 3 amide bonds. The number of benzene rings is 2. The van der Waals surface area contributed by atoms with Gasteiger partial charge >= 0.3 is 0 Å². The number of carbonyl (C=O) groups excluding carboxylic acids is 3. The summed E-state index contributed by atoms with van der Waals surface area (Å²) in [4.78, 5) is 39.8. The molecule has 0 radical (unpaired) electrons. The van der Waals surface area contributed by atoms with E-state index in [-0.39, 0.29) is 17.7 Å². The van der Waals surface area contributed by atoms with Crippen LogP contribution in [0.1, 0.15) is 55.1 Å². The summed E-state index contributed by atoms with van der Waals surface area (Å²) >= 11 is 0. The summed E-state index contributed by atoms with van der Waals surface area (Å²) in [7, 11) is 0. The van der Waals surface area contributed by atoms with Crippen molar-refractivity contribution < 1.29 is 14.4 Å². The van der Waals surface area contributed by atoms with E-state index < -0.39 is 6.04 Å². The maximum absolute atomic E-state index is 13.0. The van der Waals surface area contributed by atoms with Gasteiger partial charge in [-0.25, -0.2) is 0 Å². The van der Waals surface area contributed by atoms with Gasteiger partial charge in [-0.1, -0.05) is 18.2 Å². The maximum Gasteiger partial charge on any atom is 0.256 e. The van der Waals surface area contributed by atoms with Gasteiger partial charge in [0.1, 0.15) is 6.04 Å². The Balaban J connectivity index is 1.31. The van der Waals surface area contributed by atoms with Crippen molar-refractivity contribution in [2.75, 3.05) is 17.2 Å². The molecule has 1 fully saturated rings. The molecule has 0 spiro atoms. The maximum atomic E-state index is 13.0. The van der Waals surface area contributed by atoms with Crippen LogP contribution in [0.4, 0.5) is 11.4 Å². The first-order valence-corrected chi connectivity index (χ1v) is 11.6. The Morgan fingerprint density at radius 3 is 2.82 bits per heavy atom. The normalized spacial score (nSPS) is 17.7. The largest absolute Gasteiger partial charge is 0.345 e. The minimum absolute atomic E-state index is 0.111. The first-order valence-electron chi connectivity index (χ1n) is 11.6. The predicted octanol–water partition coefficient (Wildman–Crippen LogP) is 4.35. The monoisotopic (exact) mass is 444 g/mol. The van der Waals surface area contributed by atoms with Gasteiger partial charge in [0.05, 0.1) is 11.3 Å². The van der Waals surface area contributed by atoms with Gasteiger partial charge in [-0.05, 0) is 62.9 Å². The number of fused-ring (bicyclic) bond motifs is 3. The number of anilines is 2. The summed E-state index contributed by atoms with van der Waals surface area (Å²) in [6, 6.07) is 13.3. The zero-order valence-corrected chi connectivity index (χ0v) is 18.9. The SMILES string of the molecule is CC(C)n1cc(CCC(=O)Nc2ccc3c(c2)C(=O)N2CCC[C@H]2C(=O)N3)c2ccccc21. The van der Waals surface area contributed by atoms with E-state index >= 15 is 0 Å². The Morgan fingerprint density at radius 1 is 1.18 bits per heavy atom. The molecule has 7 nitrogen and oxygen atoms in total. The summed E-state index contributed by atoms with van der Waals surface area (Å²) in [6.45, 7) is 4.88. The third-order valence-corrected chi connectivity index (χ3v) is 6.61. The van der Waals surface area contributed by atoms with Crippen molar-refractivity contribution in [2.45, 2.75) is 51.6 Å². The summed E-state index contributed by atoms with van der Waals surface area (Å²) in [5, 5.41) is 6.96. The number of para-hydroxylation sites is 1. The van der Waals surface area contributed by atoms with Crippen molar-refractivity contribution in [3.63, 3.8) is 0 Å². The summed E-state index contributed by atoms with van der Waals surface area (Å²) < 4.78 is 2.24. The van der Waals surface area contributed by atoms with Gasteiger partial charge in [0.2, 0.25) is 11.8 Å². The Hall–Kier alpha value is -3.61. The summed E-state index contributed by atoms with van der Waals surface area (Å²) in [5.74, 6) is -0.416. The highest BCUT2D eigenvalue weighted by atomic mass is 16.2. The van der Waals surface area contributed by atoms with Crippen LogP contribution in [0.15, 0.2) is 48.7 Å². The number of amides is 3. The van der Waals surface area contributed by atoms with E-state index in [9.17, 15) is 14.4 Å². The highest BCUT2D eigenvalue weighted by Crippen LogP contribution is 2.31. The molecule has 33 heavy (non-hydrogen) atoms. The van der Waals surface area contributed by atoms with Crippen LogP contribution in [0.5, 0.6) is 0 Å². The van der Waals surface area contributed by atoms with Crippen molar-refractivity contribution in [1.29, 1.82) is 0 Å². The van der Waals surface area contributed by atoms with E-state index in [1.807, 2.05) is 12.1 Å². The van der Waals surface area contributed by atoms with E-state index in [0.29, 0.717) is 48.8 Å². The molecule has 3 heterocycles. The lowest BCUT2D eigenvalue weighted by Crippen LogP contribution is -2.40. The first kappa shape index (κ1) is 21.2. The number of aromatic nitrogens is 1. The van der Waals surface area contributed by atoms with Gasteiger partial charge in [0.15, 0.2) is 0 Å². The Kier molecular flexibility index (Phi) is 5.40. The zero-order valence-electron chi connectivity index (χ0n) is 18.9. The molecular weight excluding hydrogens is 416 g/mol. The second-order valence-corrected chi connectivity index (χ2v) is 9.13. The van der Waals surface area contributed by atoms with Gasteiger partial charge in [-0.2, -0.15) is 0 Å². The minimum atomic E-state index is -0.407. The van der Waals surface area contributed by atoms with E-state index in [2.05, 4.69) is 47.4 Å². The van der Waals surface area contributed by atoms with Crippen LogP contribution in [0.2, 0.25) is 0 Å². The van der Waals surface area contributed by atoms with Gasteiger partial charge in [-0.15, -0.1) is 0 Å². The second kappa shape index (κ2) is 8.39. The number of hydrogen-bond donors (Lipinski definition) is 2. The van der Waals surface area contributed by atoms with Crippen LogP contribution in [-0.2, 0) is 16.0 Å². The average molecular weight is 445 g/mol. The smallest absolute Gasteiger partial charge is 0.256 e. The molecular formula is C26H28N4O3. The molecule has 1 aromatic heterocycles. The second-order valence-electron chi connectivity index (χ2n) is 9.13. The van der Waals surface area contributed by atoms with Crippen molar-refractivity contribution in [1.82, 2.24) is 9.47 Å². The van der Waals surface area contributed by atoms with E-state index in [4.69, 9.17) is 0 Å². The van der Waals surface area contributed by atoms with Gasteiger partial charge in [-0.3, -0.25) is 14.4 Å². The third-order valence-electron chi connectivity index (χ3n) is 6.61. The predicted molar refractivity (Wildman–Crippen MR) is 128 cm³/mol. The Bertz CT molecular complexity index is 1260. The van der Waals surface area contributed by atoms with Crippen LogP contribution in [0.3, 0.4) is 0 Å². The summed E-state index contributed by atoms with van der Waals surface area (Å²) in [6.07, 6.45) is 4.60. The molecule has 2 aromatic carbocycles. The highest BCUT2D eigenvalue weighted by molar-refractivity contribution is 6.11. The minimum Gasteiger partial charge on any atom is -0.345 e. The molecule has 3 aromatic rings. The molecule has 170 valence electrons. The van der Waals surface area contributed by atoms with Crippen LogP contribution >= 0.6 is 0 Å². The lowest BCUT2D eigenvalue weighted by molar-refractivity contribution is -0.119. The summed E-state index contributed by atoms with van der Waals surface area (Å²) in [5.41, 5.74) is 3.80. The number of rotatable bonds is 5. The fourth-order valence-electron chi connectivity index (χ4n) is 4.94. The van der Waals surface area contributed by atoms with Crippen molar-refractivity contribution in [3.8, 4) is 0 Å². The molecule has 0 bridgehead atoms. The van der Waals surface area contributed by atoms with Crippen molar-refractivity contribution >= 4 is 40.0 Å². The van der Waals surface area contributed by atoms with Gasteiger partial charge in [0, 0.05) is 41.8 Å². The quantitative estimate of drug-likeness (QED) is 0.614. The molecule has 2 aliphatic heterocycles. The number of aryl methyl sites for hydroxylation is 1. The highest BCUT2D eigenvalue weighted by Gasteiger charge is 2.38.